The van der Waals surface area contributed by atoms with E-state index in [0.717, 1.165) is 0 Å². The topological polar surface area (TPSA) is 101 Å². The lowest BCUT2D eigenvalue weighted by atomic mass is 9.99. The van der Waals surface area contributed by atoms with Crippen LogP contribution in [0.25, 0.3) is 11.3 Å². The minimum absolute atomic E-state index is 0.0319. The van der Waals surface area contributed by atoms with Crippen LogP contribution in [0.4, 0.5) is 8.78 Å². The number of alkyl halides is 2. The maximum Gasteiger partial charge on any atom is 0.268 e. The number of aromatic nitrogens is 3. The number of amides is 1. The lowest BCUT2D eigenvalue weighted by Gasteiger charge is -2.14. The zero-order valence-electron chi connectivity index (χ0n) is 14.6. The van der Waals surface area contributed by atoms with Crippen molar-refractivity contribution in [2.45, 2.75) is 26.0 Å². The molecular formula is C18H15ClF2N4O3. The Balaban J connectivity index is 1.91. The molecule has 2 N–H and O–H groups in total. The molecule has 3 rings (SSSR count). The van der Waals surface area contributed by atoms with Crippen LogP contribution < -0.4 is 5.32 Å². The Morgan fingerprint density at radius 3 is 2.68 bits per heavy atom. The van der Waals surface area contributed by atoms with Gasteiger partial charge in [-0.15, -0.1) is 10.2 Å². The van der Waals surface area contributed by atoms with E-state index in [-0.39, 0.29) is 23.6 Å². The summed E-state index contributed by atoms with van der Waals surface area (Å²) >= 11 is 5.82. The van der Waals surface area contributed by atoms with Crippen molar-refractivity contribution in [3.63, 3.8) is 0 Å². The van der Waals surface area contributed by atoms with Crippen molar-refractivity contribution < 1.29 is 23.1 Å². The molecule has 0 fully saturated rings. The molecule has 0 radical (unpaired) electrons. The molecule has 3 aromatic rings. The summed E-state index contributed by atoms with van der Waals surface area (Å²) in [6.45, 7) is 1.58. The molecule has 28 heavy (non-hydrogen) atoms. The van der Waals surface area contributed by atoms with Crippen LogP contribution in [0.1, 0.15) is 33.8 Å². The number of carbonyl (C=O) groups is 1. The molecule has 2 aromatic heterocycles. The lowest BCUT2D eigenvalue weighted by Crippen LogP contribution is -2.23. The number of nitrogens with one attached hydrogen (secondary N) is 1. The maximum atomic E-state index is 13.0. The van der Waals surface area contributed by atoms with E-state index in [2.05, 4.69) is 20.5 Å². The van der Waals surface area contributed by atoms with E-state index in [4.69, 9.17) is 16.0 Å². The summed E-state index contributed by atoms with van der Waals surface area (Å²) in [5.74, 6) is -0.00834. The van der Waals surface area contributed by atoms with E-state index < -0.39 is 18.4 Å². The number of nitrogens with zero attached hydrogens (tertiary/aromatic N) is 3. The highest BCUT2D eigenvalue weighted by atomic mass is 35.5. The summed E-state index contributed by atoms with van der Waals surface area (Å²) in [5.41, 5.74) is 0.755. The molecular weight excluding hydrogens is 394 g/mol. The highest BCUT2D eigenvalue weighted by Crippen LogP contribution is 2.28. The van der Waals surface area contributed by atoms with Gasteiger partial charge in [0.2, 0.25) is 11.8 Å². The van der Waals surface area contributed by atoms with Crippen molar-refractivity contribution in [1.29, 1.82) is 0 Å². The summed E-state index contributed by atoms with van der Waals surface area (Å²) < 4.78 is 31.2. The van der Waals surface area contributed by atoms with Gasteiger partial charge in [-0.2, -0.15) is 0 Å². The fourth-order valence-electron chi connectivity index (χ4n) is 2.46. The van der Waals surface area contributed by atoms with Crippen molar-refractivity contribution >= 4 is 17.5 Å². The molecule has 146 valence electrons. The van der Waals surface area contributed by atoms with Crippen molar-refractivity contribution in [2.75, 3.05) is 0 Å². The van der Waals surface area contributed by atoms with Gasteiger partial charge in [-0.1, -0.05) is 11.6 Å². The summed E-state index contributed by atoms with van der Waals surface area (Å²) in [5, 5.41) is 20.2. The van der Waals surface area contributed by atoms with Crippen LogP contribution in [0.15, 0.2) is 40.9 Å². The van der Waals surface area contributed by atoms with Gasteiger partial charge in [-0.05, 0) is 35.9 Å². The van der Waals surface area contributed by atoms with Gasteiger partial charge in [-0.25, -0.2) is 8.78 Å². The van der Waals surface area contributed by atoms with Gasteiger partial charge in [0.05, 0.1) is 17.3 Å². The van der Waals surface area contributed by atoms with Crippen LogP contribution in [0.5, 0.6) is 0 Å². The SMILES string of the molecule is Cc1nnc(CNC(=O)c2cc(-c3ccc(Cl)cn3)cc(C(O)C(F)F)c2)o1. The third kappa shape index (κ3) is 4.68. The summed E-state index contributed by atoms with van der Waals surface area (Å²) in [4.78, 5) is 16.6. The highest BCUT2D eigenvalue weighted by molar-refractivity contribution is 6.30. The molecule has 2 heterocycles. The second-order valence-electron chi connectivity index (χ2n) is 5.88. The largest absolute Gasteiger partial charge is 0.424 e. The van der Waals surface area contributed by atoms with E-state index >= 15 is 0 Å². The minimum atomic E-state index is -3.01. The van der Waals surface area contributed by atoms with Gasteiger partial charge in [0.15, 0.2) is 0 Å². The van der Waals surface area contributed by atoms with Gasteiger partial charge < -0.3 is 14.8 Å². The van der Waals surface area contributed by atoms with Crippen LogP contribution >= 0.6 is 11.6 Å². The third-order valence-corrected chi connectivity index (χ3v) is 4.01. The molecule has 0 aliphatic rings. The number of carbonyl (C=O) groups excluding carboxylic acids is 1. The maximum absolute atomic E-state index is 13.0. The number of halogens is 3. The van der Waals surface area contributed by atoms with E-state index in [1.54, 1.807) is 19.1 Å². The molecule has 0 spiro atoms. The van der Waals surface area contributed by atoms with E-state index in [0.29, 0.717) is 22.2 Å². The highest BCUT2D eigenvalue weighted by Gasteiger charge is 2.22. The zero-order valence-corrected chi connectivity index (χ0v) is 15.3. The van der Waals surface area contributed by atoms with Crippen molar-refractivity contribution in [2.24, 2.45) is 0 Å². The predicted octanol–water partition coefficient (Wildman–Crippen LogP) is 3.32. The molecule has 1 amide bonds. The number of hydrogen-bond acceptors (Lipinski definition) is 6. The number of hydrogen-bond donors (Lipinski definition) is 2. The summed E-state index contributed by atoms with van der Waals surface area (Å²) in [7, 11) is 0. The first-order chi connectivity index (χ1) is 13.3. The Kier molecular flexibility index (Phi) is 5.96. The summed E-state index contributed by atoms with van der Waals surface area (Å²) in [6, 6.07) is 7.19. The number of pyridine rings is 1. The fraction of sp³-hybridized carbons (Fsp3) is 0.222. The monoisotopic (exact) mass is 408 g/mol. The van der Waals surface area contributed by atoms with Crippen LogP contribution in [-0.2, 0) is 6.54 Å². The second kappa shape index (κ2) is 8.41. The molecule has 0 saturated carbocycles. The minimum Gasteiger partial charge on any atom is -0.424 e. The Morgan fingerprint density at radius 1 is 1.29 bits per heavy atom. The molecule has 1 atom stereocenters. The zero-order chi connectivity index (χ0) is 20.3. The van der Waals surface area contributed by atoms with Gasteiger partial charge >= 0.3 is 0 Å². The number of aliphatic hydroxyl groups is 1. The van der Waals surface area contributed by atoms with Gasteiger partial charge in [0.25, 0.3) is 12.3 Å². The first-order valence-electron chi connectivity index (χ1n) is 8.14. The first-order valence-corrected chi connectivity index (χ1v) is 8.51. The fourth-order valence-corrected chi connectivity index (χ4v) is 2.57. The quantitative estimate of drug-likeness (QED) is 0.648. The van der Waals surface area contributed by atoms with Crippen LogP contribution in [0, 0.1) is 6.92 Å². The Bertz CT molecular complexity index is 979. The molecule has 0 aliphatic heterocycles. The van der Waals surface area contributed by atoms with Crippen molar-refractivity contribution in [1.82, 2.24) is 20.5 Å². The van der Waals surface area contributed by atoms with Crippen LogP contribution in [-0.4, -0.2) is 32.6 Å². The smallest absolute Gasteiger partial charge is 0.268 e. The molecule has 1 aromatic carbocycles. The normalized spacial score (nSPS) is 12.2. The Hall–Kier alpha value is -2.91. The Morgan fingerprint density at radius 2 is 2.07 bits per heavy atom. The van der Waals surface area contributed by atoms with Crippen molar-refractivity contribution in [3.8, 4) is 11.3 Å². The molecule has 0 saturated heterocycles. The standard InChI is InChI=1S/C18H15ClF2N4O3/c1-9-24-25-15(28-9)8-23-18(27)12-5-10(14-3-2-13(19)7-22-14)4-11(6-12)16(26)17(20)21/h2-7,16-17,26H,8H2,1H3,(H,23,27). The van der Waals surface area contributed by atoms with E-state index in [9.17, 15) is 18.7 Å². The second-order valence-corrected chi connectivity index (χ2v) is 6.32. The van der Waals surface area contributed by atoms with Gasteiger partial charge in [0.1, 0.15) is 6.10 Å². The molecule has 7 nitrogen and oxygen atoms in total. The average molecular weight is 409 g/mol. The van der Waals surface area contributed by atoms with Crippen LogP contribution in [0.2, 0.25) is 5.02 Å². The summed E-state index contributed by atoms with van der Waals surface area (Å²) in [6.07, 6.45) is -3.66. The third-order valence-electron chi connectivity index (χ3n) is 3.79. The molecule has 0 aliphatic carbocycles. The average Bonchev–Trinajstić information content (AvgIpc) is 3.10. The van der Waals surface area contributed by atoms with Gasteiger partial charge in [-0.3, -0.25) is 9.78 Å². The number of benzene rings is 1. The van der Waals surface area contributed by atoms with E-state index in [1.807, 2.05) is 0 Å². The van der Waals surface area contributed by atoms with E-state index in [1.165, 1.54) is 24.4 Å². The van der Waals surface area contributed by atoms with Crippen LogP contribution in [0.3, 0.4) is 0 Å². The van der Waals surface area contributed by atoms with Gasteiger partial charge in [0, 0.05) is 24.2 Å². The number of aryl methyl sites for hydroxylation is 1. The first kappa shape index (κ1) is 19.8. The number of rotatable bonds is 6. The molecule has 0 bridgehead atoms. The number of aliphatic hydroxyl groups excluding tert-OH is 1. The van der Waals surface area contributed by atoms with Crippen molar-refractivity contribution in [3.05, 3.63) is 64.5 Å². The predicted molar refractivity (Wildman–Crippen MR) is 95.9 cm³/mol. The molecule has 10 heteroatoms. The molecule has 1 unspecified atom stereocenters. The lowest BCUT2D eigenvalue weighted by molar-refractivity contribution is -0.00578. The Labute approximate surface area is 163 Å².